The average molecular weight is 873 g/mol. The second-order valence-corrected chi connectivity index (χ2v) is 17.8. The normalized spacial score (nSPS) is 11.5. The third-order valence-electron chi connectivity index (χ3n) is 13.4. The van der Waals surface area contributed by atoms with Crippen molar-refractivity contribution >= 4 is 49.3 Å². The summed E-state index contributed by atoms with van der Waals surface area (Å²) in [6.07, 6.45) is 0. The van der Waals surface area contributed by atoms with E-state index >= 15 is 0 Å². The number of fused-ring (bicyclic) bond motifs is 6. The fraction of sp³-hybridized carbons (Fsp3) is 0.0645. The number of aryl methyl sites for hydroxylation is 4. The second-order valence-electron chi connectivity index (χ2n) is 17.8. The van der Waals surface area contributed by atoms with Gasteiger partial charge in [0.15, 0.2) is 23.2 Å². The molecule has 6 heteroatoms. The summed E-state index contributed by atoms with van der Waals surface area (Å²) >= 11 is 0. The Kier molecular flexibility index (Phi) is 9.67. The zero-order valence-corrected chi connectivity index (χ0v) is 38.2. The van der Waals surface area contributed by atoms with Crippen molar-refractivity contribution in [2.45, 2.75) is 27.7 Å². The highest BCUT2D eigenvalue weighted by atomic mass is 15.1. The lowest BCUT2D eigenvalue weighted by atomic mass is 9.97. The second kappa shape index (κ2) is 16.2. The molecule has 0 radical (unpaired) electrons. The fourth-order valence-electron chi connectivity index (χ4n) is 10.2. The summed E-state index contributed by atoms with van der Waals surface area (Å²) in [5.74, 6) is 1.50. The highest BCUT2D eigenvalue weighted by Gasteiger charge is 2.25. The van der Waals surface area contributed by atoms with Crippen LogP contribution in [-0.2, 0) is 0 Å². The van der Waals surface area contributed by atoms with Crippen molar-refractivity contribution in [2.24, 2.45) is 0 Å². The van der Waals surface area contributed by atoms with Gasteiger partial charge in [0.1, 0.15) is 0 Å². The zero-order chi connectivity index (χ0) is 46.0. The molecule has 0 saturated heterocycles. The molecule has 0 unspecified atom stereocenters. The van der Waals surface area contributed by atoms with E-state index in [9.17, 15) is 0 Å². The van der Waals surface area contributed by atoms with E-state index in [0.29, 0.717) is 28.7 Å². The van der Waals surface area contributed by atoms with Crippen molar-refractivity contribution in [3.8, 4) is 67.8 Å². The Bertz CT molecular complexity index is 3960. The Morgan fingerprint density at radius 1 is 0.353 bits per heavy atom. The van der Waals surface area contributed by atoms with Gasteiger partial charge in [0.2, 0.25) is 0 Å². The first-order valence-corrected chi connectivity index (χ1v) is 23.0. The summed E-state index contributed by atoms with van der Waals surface area (Å²) in [6, 6.07) is 68.3. The van der Waals surface area contributed by atoms with Crippen LogP contribution in [0.25, 0.3) is 116 Å². The van der Waals surface area contributed by atoms with E-state index in [1.54, 1.807) is 0 Å². The number of hydrogen-bond donors (Lipinski definition) is 0. The summed E-state index contributed by atoms with van der Waals surface area (Å²) in [6.45, 7) is 17.5. The molecular formula is C62H44N6. The lowest BCUT2D eigenvalue weighted by molar-refractivity contribution is 1.07. The first kappa shape index (κ1) is 40.6. The molecule has 6 nitrogen and oxygen atoms in total. The molecule has 0 fully saturated rings. The molecule has 0 aliphatic rings. The number of benzene rings is 9. The van der Waals surface area contributed by atoms with E-state index in [1.807, 2.05) is 66.7 Å². The van der Waals surface area contributed by atoms with Crippen LogP contribution >= 0.6 is 0 Å². The number of para-hydroxylation sites is 2. The summed E-state index contributed by atoms with van der Waals surface area (Å²) < 4.78 is 4.71. The van der Waals surface area contributed by atoms with Crippen LogP contribution < -0.4 is 0 Å². The predicted octanol–water partition coefficient (Wildman–Crippen LogP) is 16.2. The van der Waals surface area contributed by atoms with Crippen molar-refractivity contribution in [3.63, 3.8) is 0 Å². The third kappa shape index (κ3) is 6.75. The molecule has 0 aliphatic carbocycles. The van der Waals surface area contributed by atoms with Crippen molar-refractivity contribution in [2.75, 3.05) is 0 Å². The Hall–Kier alpha value is -8.92. The predicted molar refractivity (Wildman–Crippen MR) is 281 cm³/mol. The molecule has 0 bridgehead atoms. The van der Waals surface area contributed by atoms with Crippen LogP contribution in [0, 0.1) is 34.3 Å². The van der Waals surface area contributed by atoms with Crippen molar-refractivity contribution in [1.82, 2.24) is 24.1 Å². The van der Waals surface area contributed by atoms with Gasteiger partial charge in [-0.2, -0.15) is 0 Å². The van der Waals surface area contributed by atoms with Gasteiger partial charge in [-0.1, -0.05) is 157 Å². The highest BCUT2D eigenvalue weighted by Crippen LogP contribution is 2.44. The summed E-state index contributed by atoms with van der Waals surface area (Å²) in [5, 5.41) is 4.54. The van der Waals surface area contributed by atoms with Gasteiger partial charge < -0.3 is 9.13 Å². The molecule has 0 saturated carbocycles. The maximum absolute atomic E-state index is 8.86. The Balaban J connectivity index is 1.18. The summed E-state index contributed by atoms with van der Waals surface area (Å²) in [4.78, 5) is 19.6. The molecule has 12 rings (SSSR count). The summed E-state index contributed by atoms with van der Waals surface area (Å²) in [7, 11) is 0. The van der Waals surface area contributed by atoms with Gasteiger partial charge in [0.05, 0.1) is 40.0 Å². The Labute approximate surface area is 394 Å². The smallest absolute Gasteiger partial charge is 0.200 e. The first-order valence-electron chi connectivity index (χ1n) is 23.0. The van der Waals surface area contributed by atoms with Crippen LogP contribution in [0.3, 0.4) is 0 Å². The van der Waals surface area contributed by atoms with Crippen LogP contribution in [0.4, 0.5) is 5.69 Å². The minimum absolute atomic E-state index is 0.426. The molecule has 0 aliphatic heterocycles. The molecule has 0 amide bonds. The first-order chi connectivity index (χ1) is 33.3. The molecule has 12 aromatic rings. The minimum Gasteiger partial charge on any atom is -0.308 e. The van der Waals surface area contributed by atoms with Crippen LogP contribution in [0.5, 0.6) is 0 Å². The van der Waals surface area contributed by atoms with Crippen molar-refractivity contribution in [1.29, 1.82) is 0 Å². The van der Waals surface area contributed by atoms with E-state index in [-0.39, 0.29) is 0 Å². The lowest BCUT2D eigenvalue weighted by Gasteiger charge is -2.20. The quantitative estimate of drug-likeness (QED) is 0.150. The molecular weight excluding hydrogens is 829 g/mol. The topological polar surface area (TPSA) is 52.9 Å². The number of hydrogen-bond acceptors (Lipinski definition) is 3. The van der Waals surface area contributed by atoms with E-state index in [1.165, 1.54) is 33.4 Å². The van der Waals surface area contributed by atoms with E-state index in [0.717, 1.165) is 77.2 Å². The largest absolute Gasteiger partial charge is 0.308 e. The number of aromatic nitrogens is 5. The number of rotatable bonds is 7. The van der Waals surface area contributed by atoms with Gasteiger partial charge in [0.25, 0.3) is 0 Å². The SMILES string of the molecule is [C-]#[N+]c1cc(-n2c3ccccc3c3cc(-c4ccc(C)cc4C)ccc32)c(-n2c3ccccc3c3cc(-c4ccc(C)cc4C)ccc32)cc1-c1nc(-c2ccccc2)nc(-c2ccccc2)n1. The van der Waals surface area contributed by atoms with Crippen molar-refractivity contribution < 1.29 is 0 Å². The standard InChI is InChI=1S/C62H44N6/c1-38-24-28-46(40(3)32-38)44-26-30-56-50(34-44)48-20-12-14-22-54(48)67(56)58-36-52(62-65-60(42-16-8-6-9-17-42)64-61(66-62)43-18-10-7-11-19-43)53(63-5)37-59(58)68-55-23-15-13-21-49(55)51-35-45(27-31-57(51)68)47-29-25-39(2)33-41(47)4/h6-37H,1-4H3. The monoisotopic (exact) mass is 872 g/mol. The summed E-state index contributed by atoms with van der Waals surface area (Å²) in [5.41, 5.74) is 18.4. The maximum atomic E-state index is 8.86. The third-order valence-corrected chi connectivity index (χ3v) is 13.4. The molecule has 322 valence electrons. The fourth-order valence-corrected chi connectivity index (χ4v) is 10.2. The van der Waals surface area contributed by atoms with Crippen LogP contribution in [0.2, 0.25) is 0 Å². The van der Waals surface area contributed by atoms with Crippen LogP contribution in [-0.4, -0.2) is 24.1 Å². The molecule has 3 heterocycles. The maximum Gasteiger partial charge on any atom is 0.200 e. The lowest BCUT2D eigenvalue weighted by Crippen LogP contribution is -2.06. The van der Waals surface area contributed by atoms with Gasteiger partial charge in [-0.25, -0.2) is 19.8 Å². The number of nitrogens with zero attached hydrogens (tertiary/aromatic N) is 6. The van der Waals surface area contributed by atoms with Gasteiger partial charge in [-0.05, 0) is 110 Å². The van der Waals surface area contributed by atoms with E-state index in [4.69, 9.17) is 21.5 Å². The van der Waals surface area contributed by atoms with E-state index < -0.39 is 0 Å². The molecule has 0 atom stereocenters. The average Bonchev–Trinajstić information content (AvgIpc) is 3.88. The molecule has 9 aromatic carbocycles. The van der Waals surface area contributed by atoms with Crippen molar-refractivity contribution in [3.05, 3.63) is 228 Å². The van der Waals surface area contributed by atoms with Gasteiger partial charge in [0, 0.05) is 38.2 Å². The zero-order valence-electron chi connectivity index (χ0n) is 38.2. The van der Waals surface area contributed by atoms with Gasteiger partial charge >= 0.3 is 0 Å². The Morgan fingerprint density at radius 2 is 0.779 bits per heavy atom. The van der Waals surface area contributed by atoms with Crippen LogP contribution in [0.15, 0.2) is 194 Å². The van der Waals surface area contributed by atoms with E-state index in [2.05, 4.69) is 169 Å². The van der Waals surface area contributed by atoms with Crippen LogP contribution in [0.1, 0.15) is 22.3 Å². The molecule has 0 N–H and O–H groups in total. The molecule has 3 aromatic heterocycles. The van der Waals surface area contributed by atoms with Gasteiger partial charge in [-0.3, -0.25) is 0 Å². The molecule has 0 spiro atoms. The molecule has 68 heavy (non-hydrogen) atoms. The minimum atomic E-state index is 0.426. The highest BCUT2D eigenvalue weighted by molar-refractivity contribution is 6.13. The van der Waals surface area contributed by atoms with Gasteiger partial charge in [-0.15, -0.1) is 0 Å². The Morgan fingerprint density at radius 3 is 1.25 bits per heavy atom.